The van der Waals surface area contributed by atoms with Gasteiger partial charge in [0.15, 0.2) is 0 Å². The Kier molecular flexibility index (Phi) is 9.07. The second kappa shape index (κ2) is 13.9. The van der Waals surface area contributed by atoms with E-state index < -0.39 is 0 Å². The largest absolute Gasteiger partial charge is 0.324 e. The predicted octanol–water partition coefficient (Wildman–Crippen LogP) is 7.38. The zero-order chi connectivity index (χ0) is 32.2. The normalized spacial score (nSPS) is 15.6. The number of allylic oxidation sites excluding steroid dienone is 1. The number of likely N-dealkylation sites (tertiary alicyclic amines) is 1. The first kappa shape index (κ1) is 30.8. The number of aromatic nitrogens is 4. The molecule has 1 aliphatic heterocycles. The molecular formula is C40H42N6O. The average Bonchev–Trinajstić information content (AvgIpc) is 3.70. The number of fused-ring (bicyclic) bond motifs is 1. The molecule has 3 aromatic heterocycles. The number of hydrogen-bond donors (Lipinski definition) is 0. The number of imidazole rings is 1. The third-order valence-corrected chi connectivity index (χ3v) is 9.25. The standard InChI is InChI=1S/C40H42N6O/c1-29-10-14-32(15-11-29)36(21-26-44-23-3-4-24-44)37-9-5-7-34(43-37)8-6-25-45(35-18-19-35)40(47)33-16-12-31(13-17-33)28-46-30(2)42-38-27-41-22-20-39(38)46/h5-7,9-17,20-22,25,27,35H,3-4,8,18-19,23-24,26,28H2,1-2H3. The maximum Gasteiger partial charge on any atom is 0.258 e. The Labute approximate surface area is 277 Å². The van der Waals surface area contributed by atoms with E-state index in [2.05, 4.69) is 81.0 Å². The monoisotopic (exact) mass is 622 g/mol. The van der Waals surface area contributed by atoms with Crippen LogP contribution in [0.5, 0.6) is 0 Å². The van der Waals surface area contributed by atoms with Crippen LogP contribution in [-0.4, -0.2) is 60.9 Å². The van der Waals surface area contributed by atoms with Gasteiger partial charge in [0, 0.05) is 54.8 Å². The first-order valence-electron chi connectivity index (χ1n) is 16.8. The number of amides is 1. The molecule has 2 aliphatic rings. The molecule has 2 aromatic carbocycles. The van der Waals surface area contributed by atoms with Gasteiger partial charge in [-0.05, 0) is 94.1 Å². The van der Waals surface area contributed by atoms with E-state index >= 15 is 0 Å². The Morgan fingerprint density at radius 1 is 0.915 bits per heavy atom. The Balaban J connectivity index is 1.04. The zero-order valence-corrected chi connectivity index (χ0v) is 27.3. The van der Waals surface area contributed by atoms with Gasteiger partial charge in [0.05, 0.1) is 17.4 Å². The van der Waals surface area contributed by atoms with E-state index in [1.807, 2.05) is 48.4 Å². The summed E-state index contributed by atoms with van der Waals surface area (Å²) in [5.41, 5.74) is 9.38. The van der Waals surface area contributed by atoms with Crippen LogP contribution < -0.4 is 0 Å². The molecule has 5 aromatic rings. The minimum atomic E-state index is 0.0406. The summed E-state index contributed by atoms with van der Waals surface area (Å²) in [5, 5.41) is 0. The average molecular weight is 623 g/mol. The molecule has 7 rings (SSSR count). The van der Waals surface area contributed by atoms with Gasteiger partial charge < -0.3 is 9.47 Å². The number of carbonyl (C=O) groups is 1. The van der Waals surface area contributed by atoms with Crippen molar-refractivity contribution in [1.82, 2.24) is 29.3 Å². The number of benzene rings is 2. The van der Waals surface area contributed by atoms with Crippen LogP contribution in [0.1, 0.15) is 69.9 Å². The van der Waals surface area contributed by atoms with Crippen molar-refractivity contribution < 1.29 is 4.79 Å². The lowest BCUT2D eigenvalue weighted by atomic mass is 10.00. The molecule has 4 heterocycles. The van der Waals surface area contributed by atoms with Gasteiger partial charge in [0.25, 0.3) is 5.91 Å². The number of pyridine rings is 2. The molecule has 47 heavy (non-hydrogen) atoms. The zero-order valence-electron chi connectivity index (χ0n) is 27.3. The number of nitrogens with zero attached hydrogens (tertiary/aromatic N) is 6. The number of hydrogen-bond acceptors (Lipinski definition) is 5. The third kappa shape index (κ3) is 7.26. The fourth-order valence-corrected chi connectivity index (χ4v) is 6.41. The summed E-state index contributed by atoms with van der Waals surface area (Å²) in [4.78, 5) is 32.0. The highest BCUT2D eigenvalue weighted by molar-refractivity contribution is 5.95. The van der Waals surface area contributed by atoms with Gasteiger partial charge in [-0.2, -0.15) is 0 Å². The van der Waals surface area contributed by atoms with Crippen molar-refractivity contribution in [2.45, 2.75) is 58.5 Å². The van der Waals surface area contributed by atoms with Crippen molar-refractivity contribution in [2.75, 3.05) is 19.6 Å². The minimum absolute atomic E-state index is 0.0406. The van der Waals surface area contributed by atoms with Crippen LogP contribution in [-0.2, 0) is 13.0 Å². The quantitative estimate of drug-likeness (QED) is 0.154. The van der Waals surface area contributed by atoms with Gasteiger partial charge in [-0.1, -0.05) is 60.2 Å². The van der Waals surface area contributed by atoms with Gasteiger partial charge in [-0.15, -0.1) is 0 Å². The van der Waals surface area contributed by atoms with Crippen molar-refractivity contribution in [2.24, 2.45) is 0 Å². The molecule has 1 aliphatic carbocycles. The molecule has 7 heteroatoms. The number of carbonyl (C=O) groups excluding carboxylic acids is 1. The van der Waals surface area contributed by atoms with Crippen LogP contribution >= 0.6 is 0 Å². The molecule has 238 valence electrons. The van der Waals surface area contributed by atoms with Crippen molar-refractivity contribution in [3.05, 3.63) is 143 Å². The molecule has 2 fully saturated rings. The Morgan fingerprint density at radius 3 is 2.45 bits per heavy atom. The summed E-state index contributed by atoms with van der Waals surface area (Å²) in [7, 11) is 0. The minimum Gasteiger partial charge on any atom is -0.324 e. The Bertz CT molecular complexity index is 1910. The van der Waals surface area contributed by atoms with E-state index in [1.165, 1.54) is 29.5 Å². The lowest BCUT2D eigenvalue weighted by Gasteiger charge is -2.18. The van der Waals surface area contributed by atoms with Gasteiger partial charge in [-0.25, -0.2) is 4.98 Å². The van der Waals surface area contributed by atoms with E-state index in [-0.39, 0.29) is 11.9 Å². The Hall–Kier alpha value is -4.88. The molecule has 0 radical (unpaired) electrons. The van der Waals surface area contributed by atoms with Crippen LogP contribution in [0.25, 0.3) is 16.6 Å². The summed E-state index contributed by atoms with van der Waals surface area (Å²) < 4.78 is 2.18. The summed E-state index contributed by atoms with van der Waals surface area (Å²) in [6.07, 6.45) is 15.3. The van der Waals surface area contributed by atoms with Crippen LogP contribution in [0.4, 0.5) is 0 Å². The number of aryl methyl sites for hydroxylation is 2. The van der Waals surface area contributed by atoms with Gasteiger partial charge in [-0.3, -0.25) is 19.7 Å². The predicted molar refractivity (Wildman–Crippen MR) is 188 cm³/mol. The van der Waals surface area contributed by atoms with Crippen molar-refractivity contribution >= 4 is 22.5 Å². The fourth-order valence-electron chi connectivity index (χ4n) is 6.41. The first-order valence-corrected chi connectivity index (χ1v) is 16.8. The van der Waals surface area contributed by atoms with Crippen molar-refractivity contribution in [3.8, 4) is 0 Å². The van der Waals surface area contributed by atoms with Crippen LogP contribution in [0.3, 0.4) is 0 Å². The fraction of sp³-hybridized carbons (Fsp3) is 0.300. The molecule has 7 nitrogen and oxygen atoms in total. The summed E-state index contributed by atoms with van der Waals surface area (Å²) in [6.45, 7) is 8.09. The van der Waals surface area contributed by atoms with Crippen LogP contribution in [0, 0.1) is 13.8 Å². The molecule has 1 amide bonds. The third-order valence-electron chi connectivity index (χ3n) is 9.25. The molecule has 1 saturated carbocycles. The second-order valence-corrected chi connectivity index (χ2v) is 12.8. The highest BCUT2D eigenvalue weighted by Gasteiger charge is 2.31. The molecule has 1 saturated heterocycles. The van der Waals surface area contributed by atoms with Crippen molar-refractivity contribution in [1.29, 1.82) is 0 Å². The first-order chi connectivity index (χ1) is 23.0. The topological polar surface area (TPSA) is 67.2 Å². The van der Waals surface area contributed by atoms with E-state index in [0.717, 1.165) is 66.3 Å². The van der Waals surface area contributed by atoms with E-state index in [1.54, 1.807) is 12.4 Å². The lowest BCUT2D eigenvalue weighted by molar-refractivity contribution is 0.0813. The maximum absolute atomic E-state index is 13.7. The van der Waals surface area contributed by atoms with E-state index in [4.69, 9.17) is 4.98 Å². The van der Waals surface area contributed by atoms with Gasteiger partial charge in [0.1, 0.15) is 11.3 Å². The summed E-state index contributed by atoms with van der Waals surface area (Å²) >= 11 is 0. The summed E-state index contributed by atoms with van der Waals surface area (Å²) in [5.74, 6) is 0.988. The molecule has 0 bridgehead atoms. The molecule has 0 N–H and O–H groups in total. The molecule has 0 atom stereocenters. The lowest BCUT2D eigenvalue weighted by Crippen LogP contribution is -2.27. The Morgan fingerprint density at radius 2 is 1.68 bits per heavy atom. The molecular weight excluding hydrogens is 580 g/mol. The van der Waals surface area contributed by atoms with Gasteiger partial charge in [0.2, 0.25) is 0 Å². The van der Waals surface area contributed by atoms with E-state index in [9.17, 15) is 4.79 Å². The van der Waals surface area contributed by atoms with Crippen molar-refractivity contribution in [3.63, 3.8) is 0 Å². The highest BCUT2D eigenvalue weighted by atomic mass is 16.2. The second-order valence-electron chi connectivity index (χ2n) is 12.8. The highest BCUT2D eigenvalue weighted by Crippen LogP contribution is 2.29. The van der Waals surface area contributed by atoms with Gasteiger partial charge >= 0.3 is 0 Å². The van der Waals surface area contributed by atoms with Crippen LogP contribution in [0.15, 0.2) is 104 Å². The smallest absolute Gasteiger partial charge is 0.258 e. The van der Waals surface area contributed by atoms with E-state index in [0.29, 0.717) is 18.5 Å². The summed E-state index contributed by atoms with van der Waals surface area (Å²) in [6, 6.07) is 25.3. The SMILES string of the molecule is Cc1ccc(C(=CCN2CCCC2)c2cccc(CC=CN(C(=O)c3ccc(Cn4c(C)nc5cnccc54)cc3)C3CC3)n2)cc1. The molecule has 0 unspecified atom stereocenters. The van der Waals surface area contributed by atoms with Crippen LogP contribution in [0.2, 0.25) is 0 Å². The molecule has 0 spiro atoms. The maximum atomic E-state index is 13.7. The number of rotatable bonds is 11.